The maximum atomic E-state index is 12.3. The fourth-order valence-corrected chi connectivity index (χ4v) is 3.26. The van der Waals surface area contributed by atoms with Crippen LogP contribution in [-0.4, -0.2) is 42.8 Å². The largest absolute Gasteiger partial charge is 0.339 e. The molecule has 0 atom stereocenters. The van der Waals surface area contributed by atoms with Gasteiger partial charge in [-0.3, -0.25) is 4.79 Å². The van der Waals surface area contributed by atoms with Gasteiger partial charge in [-0.05, 0) is 12.8 Å². The molecule has 7 nitrogen and oxygen atoms in total. The summed E-state index contributed by atoms with van der Waals surface area (Å²) in [6, 6.07) is 9.76. The van der Waals surface area contributed by atoms with Gasteiger partial charge in [0, 0.05) is 24.6 Å². The number of likely N-dealkylation sites (tertiary alicyclic amines) is 1. The zero-order valence-electron chi connectivity index (χ0n) is 12.8. The standard InChI is InChI=1S/C16H15N5O2S/c22-16(13-10-17-24-20-13)21-8-6-12(7-9-21)15-18-14(19-23-15)11-4-2-1-3-5-11/h1-5,10,12H,6-9H2. The van der Waals surface area contributed by atoms with Crippen molar-refractivity contribution in [2.75, 3.05) is 13.1 Å². The summed E-state index contributed by atoms with van der Waals surface area (Å²) >= 11 is 1.05. The molecule has 0 saturated carbocycles. The molecule has 4 rings (SSSR count). The third-order valence-electron chi connectivity index (χ3n) is 4.19. The van der Waals surface area contributed by atoms with E-state index in [1.54, 1.807) is 0 Å². The number of rotatable bonds is 3. The van der Waals surface area contributed by atoms with E-state index in [1.165, 1.54) is 6.20 Å². The van der Waals surface area contributed by atoms with Crippen LogP contribution in [0.25, 0.3) is 11.4 Å². The number of carbonyl (C=O) groups is 1. The van der Waals surface area contributed by atoms with E-state index in [-0.39, 0.29) is 11.8 Å². The third kappa shape index (κ3) is 2.92. The normalized spacial score (nSPS) is 15.6. The number of aromatic nitrogens is 4. The average molecular weight is 341 g/mol. The Kier molecular flexibility index (Phi) is 4.04. The van der Waals surface area contributed by atoms with E-state index in [9.17, 15) is 4.79 Å². The molecule has 2 aromatic heterocycles. The van der Waals surface area contributed by atoms with Gasteiger partial charge in [0.2, 0.25) is 11.7 Å². The average Bonchev–Trinajstić information content (AvgIpc) is 3.34. The second kappa shape index (κ2) is 6.48. The first kappa shape index (κ1) is 14.9. The van der Waals surface area contributed by atoms with Gasteiger partial charge in [0.1, 0.15) is 0 Å². The lowest BCUT2D eigenvalue weighted by molar-refractivity contribution is 0.0699. The fraction of sp³-hybridized carbons (Fsp3) is 0.312. The molecule has 3 aromatic rings. The monoisotopic (exact) mass is 341 g/mol. The zero-order chi connectivity index (χ0) is 16.4. The maximum absolute atomic E-state index is 12.3. The molecule has 0 bridgehead atoms. The predicted octanol–water partition coefficient (Wildman–Crippen LogP) is 2.61. The van der Waals surface area contributed by atoms with Gasteiger partial charge in [0.15, 0.2) is 5.69 Å². The van der Waals surface area contributed by atoms with Crippen LogP contribution in [-0.2, 0) is 0 Å². The lowest BCUT2D eigenvalue weighted by atomic mass is 9.96. The SMILES string of the molecule is O=C(c1cnsn1)N1CCC(c2nc(-c3ccccc3)no2)CC1. The molecule has 0 spiro atoms. The lowest BCUT2D eigenvalue weighted by Gasteiger charge is -2.29. The molecule has 3 heterocycles. The summed E-state index contributed by atoms with van der Waals surface area (Å²) < 4.78 is 13.3. The molecular formula is C16H15N5O2S. The Morgan fingerprint density at radius 3 is 2.71 bits per heavy atom. The Hall–Kier alpha value is -2.61. The van der Waals surface area contributed by atoms with E-state index in [4.69, 9.17) is 4.52 Å². The first-order chi connectivity index (χ1) is 11.8. The molecule has 1 aliphatic rings. The van der Waals surface area contributed by atoms with E-state index in [0.29, 0.717) is 30.5 Å². The number of nitrogens with zero attached hydrogens (tertiary/aromatic N) is 5. The van der Waals surface area contributed by atoms with Crippen molar-refractivity contribution in [2.45, 2.75) is 18.8 Å². The Morgan fingerprint density at radius 2 is 2.00 bits per heavy atom. The van der Waals surface area contributed by atoms with Crippen LogP contribution >= 0.6 is 11.7 Å². The van der Waals surface area contributed by atoms with Crippen molar-refractivity contribution in [3.8, 4) is 11.4 Å². The Labute approximate surface area is 142 Å². The molecule has 8 heteroatoms. The highest BCUT2D eigenvalue weighted by molar-refractivity contribution is 6.99. The van der Waals surface area contributed by atoms with E-state index in [1.807, 2.05) is 35.2 Å². The summed E-state index contributed by atoms with van der Waals surface area (Å²) in [6.45, 7) is 1.31. The topological polar surface area (TPSA) is 85.0 Å². The Balaban J connectivity index is 1.41. The molecule has 24 heavy (non-hydrogen) atoms. The van der Waals surface area contributed by atoms with Crippen molar-refractivity contribution < 1.29 is 9.32 Å². The number of hydrogen-bond donors (Lipinski definition) is 0. The summed E-state index contributed by atoms with van der Waals surface area (Å²) in [5.74, 6) is 1.39. The van der Waals surface area contributed by atoms with Crippen LogP contribution in [0.15, 0.2) is 41.1 Å². The highest BCUT2D eigenvalue weighted by atomic mass is 32.1. The minimum Gasteiger partial charge on any atom is -0.339 e. The van der Waals surface area contributed by atoms with Crippen LogP contribution < -0.4 is 0 Å². The Morgan fingerprint density at radius 1 is 1.21 bits per heavy atom. The summed E-state index contributed by atoms with van der Waals surface area (Å²) in [6.07, 6.45) is 3.13. The van der Waals surface area contributed by atoms with Gasteiger partial charge < -0.3 is 9.42 Å². The molecule has 0 N–H and O–H groups in total. The predicted molar refractivity (Wildman–Crippen MR) is 87.5 cm³/mol. The molecule has 0 unspecified atom stereocenters. The van der Waals surface area contributed by atoms with E-state index in [2.05, 4.69) is 18.9 Å². The van der Waals surface area contributed by atoms with Crippen molar-refractivity contribution in [3.63, 3.8) is 0 Å². The summed E-state index contributed by atoms with van der Waals surface area (Å²) in [7, 11) is 0. The van der Waals surface area contributed by atoms with Crippen LogP contribution in [0.3, 0.4) is 0 Å². The molecular weight excluding hydrogens is 326 g/mol. The molecule has 0 radical (unpaired) electrons. The highest BCUT2D eigenvalue weighted by Crippen LogP contribution is 2.29. The van der Waals surface area contributed by atoms with E-state index in [0.717, 1.165) is 30.1 Å². The molecule has 1 saturated heterocycles. The maximum Gasteiger partial charge on any atom is 0.275 e. The second-order valence-electron chi connectivity index (χ2n) is 5.68. The van der Waals surface area contributed by atoms with Crippen molar-refractivity contribution in [3.05, 3.63) is 48.1 Å². The van der Waals surface area contributed by atoms with Gasteiger partial charge in [-0.25, -0.2) is 0 Å². The van der Waals surface area contributed by atoms with Gasteiger partial charge in [-0.2, -0.15) is 13.7 Å². The Bertz CT molecular complexity index is 810. The zero-order valence-corrected chi connectivity index (χ0v) is 13.6. The van der Waals surface area contributed by atoms with Gasteiger partial charge in [0.05, 0.1) is 17.9 Å². The molecule has 122 valence electrons. The van der Waals surface area contributed by atoms with Crippen LogP contribution in [0.4, 0.5) is 0 Å². The summed E-state index contributed by atoms with van der Waals surface area (Å²) in [4.78, 5) is 18.6. The summed E-state index contributed by atoms with van der Waals surface area (Å²) in [5.41, 5.74) is 1.36. The number of carbonyl (C=O) groups excluding carboxylic acids is 1. The quantitative estimate of drug-likeness (QED) is 0.728. The molecule has 1 fully saturated rings. The van der Waals surface area contributed by atoms with Gasteiger partial charge in [-0.15, -0.1) is 0 Å². The van der Waals surface area contributed by atoms with Crippen LogP contribution in [0, 0.1) is 0 Å². The third-order valence-corrected chi connectivity index (χ3v) is 4.66. The van der Waals surface area contributed by atoms with Gasteiger partial charge >= 0.3 is 0 Å². The van der Waals surface area contributed by atoms with Gasteiger partial charge in [-0.1, -0.05) is 35.5 Å². The minimum absolute atomic E-state index is 0.0577. The van der Waals surface area contributed by atoms with Gasteiger partial charge in [0.25, 0.3) is 5.91 Å². The van der Waals surface area contributed by atoms with Crippen molar-refractivity contribution in [2.24, 2.45) is 0 Å². The second-order valence-corrected chi connectivity index (χ2v) is 6.24. The van der Waals surface area contributed by atoms with Crippen molar-refractivity contribution in [1.29, 1.82) is 0 Å². The molecule has 1 amide bonds. The van der Waals surface area contributed by atoms with Crippen molar-refractivity contribution >= 4 is 17.6 Å². The summed E-state index contributed by atoms with van der Waals surface area (Å²) in [5, 5.41) is 4.07. The number of amides is 1. The molecule has 0 aliphatic carbocycles. The fourth-order valence-electron chi connectivity index (χ4n) is 2.86. The first-order valence-electron chi connectivity index (χ1n) is 7.77. The smallest absolute Gasteiger partial charge is 0.275 e. The first-order valence-corrected chi connectivity index (χ1v) is 8.50. The molecule has 1 aliphatic heterocycles. The lowest BCUT2D eigenvalue weighted by Crippen LogP contribution is -2.38. The highest BCUT2D eigenvalue weighted by Gasteiger charge is 2.28. The van der Waals surface area contributed by atoms with Crippen molar-refractivity contribution in [1.82, 2.24) is 23.8 Å². The van der Waals surface area contributed by atoms with Crippen LogP contribution in [0.2, 0.25) is 0 Å². The van der Waals surface area contributed by atoms with E-state index < -0.39 is 0 Å². The van der Waals surface area contributed by atoms with Crippen LogP contribution in [0.5, 0.6) is 0 Å². The number of piperidine rings is 1. The number of benzene rings is 1. The number of hydrogen-bond acceptors (Lipinski definition) is 7. The van der Waals surface area contributed by atoms with Crippen LogP contribution in [0.1, 0.15) is 35.1 Å². The minimum atomic E-state index is -0.0577. The molecule has 1 aromatic carbocycles. The van der Waals surface area contributed by atoms with E-state index >= 15 is 0 Å².